The van der Waals surface area contributed by atoms with E-state index in [9.17, 15) is 0 Å². The predicted octanol–water partition coefficient (Wildman–Crippen LogP) is 4.22. The molecule has 2 unspecified atom stereocenters. The second-order valence-corrected chi connectivity index (χ2v) is 6.50. The lowest BCUT2D eigenvalue weighted by Crippen LogP contribution is -2.22. The first-order chi connectivity index (χ1) is 10.9. The molecular formula is C20H23NO. The average molecular weight is 293 g/mol. The molecule has 0 amide bonds. The summed E-state index contributed by atoms with van der Waals surface area (Å²) in [5.74, 6) is 1.72. The zero-order valence-electron chi connectivity index (χ0n) is 12.9. The van der Waals surface area contributed by atoms with Crippen LogP contribution in [0.4, 0.5) is 0 Å². The summed E-state index contributed by atoms with van der Waals surface area (Å²) in [7, 11) is 0. The molecule has 0 bridgehead atoms. The first kappa shape index (κ1) is 13.8. The maximum absolute atomic E-state index is 5.86. The largest absolute Gasteiger partial charge is 0.489 e. The molecule has 1 heterocycles. The fourth-order valence-electron chi connectivity index (χ4n) is 3.57. The minimum Gasteiger partial charge on any atom is -0.489 e. The Bertz CT molecular complexity index is 601. The number of hydrogen-bond acceptors (Lipinski definition) is 2. The molecule has 114 valence electrons. The van der Waals surface area contributed by atoms with Crippen molar-refractivity contribution in [1.82, 2.24) is 4.90 Å². The maximum Gasteiger partial charge on any atom is 0.119 e. The van der Waals surface area contributed by atoms with Gasteiger partial charge in [0.05, 0.1) is 0 Å². The first-order valence-electron chi connectivity index (χ1n) is 8.41. The Hall–Kier alpha value is -1.80. The van der Waals surface area contributed by atoms with Crippen molar-refractivity contribution in [3.05, 3.63) is 65.7 Å². The number of ether oxygens (including phenoxy) is 1. The van der Waals surface area contributed by atoms with Gasteiger partial charge in [-0.25, -0.2) is 0 Å². The normalized spacial score (nSPS) is 24.4. The van der Waals surface area contributed by atoms with Crippen LogP contribution in [0.15, 0.2) is 54.6 Å². The molecule has 0 spiro atoms. The number of hydrogen-bond donors (Lipinski definition) is 0. The Morgan fingerprint density at radius 2 is 1.64 bits per heavy atom. The van der Waals surface area contributed by atoms with Crippen LogP contribution >= 0.6 is 0 Å². The molecule has 1 saturated heterocycles. The molecule has 0 radical (unpaired) electrons. The summed E-state index contributed by atoms with van der Waals surface area (Å²) in [6.07, 6.45) is 4.11. The van der Waals surface area contributed by atoms with Crippen LogP contribution in [0.5, 0.6) is 5.75 Å². The van der Waals surface area contributed by atoms with Crippen molar-refractivity contribution >= 4 is 0 Å². The number of rotatable bonds is 5. The lowest BCUT2D eigenvalue weighted by molar-refractivity contribution is 0.306. The molecule has 0 N–H and O–H groups in total. The van der Waals surface area contributed by atoms with Crippen molar-refractivity contribution in [2.24, 2.45) is 0 Å². The Labute approximate surface area is 132 Å². The van der Waals surface area contributed by atoms with E-state index in [-0.39, 0.29) is 0 Å². The zero-order chi connectivity index (χ0) is 14.8. The molecule has 2 nitrogen and oxygen atoms in total. The predicted molar refractivity (Wildman–Crippen MR) is 89.2 cm³/mol. The highest BCUT2D eigenvalue weighted by Gasteiger charge is 2.43. The summed E-state index contributed by atoms with van der Waals surface area (Å²) in [5.41, 5.74) is 2.69. The molecule has 2 heteroatoms. The smallest absolute Gasteiger partial charge is 0.119 e. The molecule has 1 saturated carbocycles. The van der Waals surface area contributed by atoms with Crippen LogP contribution in [-0.2, 0) is 6.61 Å². The van der Waals surface area contributed by atoms with Gasteiger partial charge in [0, 0.05) is 12.0 Å². The van der Waals surface area contributed by atoms with Crippen LogP contribution in [0, 0.1) is 0 Å². The van der Waals surface area contributed by atoms with E-state index in [2.05, 4.69) is 41.3 Å². The molecule has 1 aliphatic carbocycles. The molecular weight excluding hydrogens is 270 g/mol. The standard InChI is InChI=1S/C20H23NO/c1-2-6-16(7-3-1)15-22-18-10-8-17(9-11-18)19-14-20(19)21-12-4-5-13-21/h1-3,6-11,19-20H,4-5,12-15H2. The van der Waals surface area contributed by atoms with Crippen molar-refractivity contribution in [3.8, 4) is 5.75 Å². The van der Waals surface area contributed by atoms with E-state index in [4.69, 9.17) is 4.74 Å². The van der Waals surface area contributed by atoms with Crippen molar-refractivity contribution < 1.29 is 4.74 Å². The van der Waals surface area contributed by atoms with Gasteiger partial charge < -0.3 is 4.74 Å². The second kappa shape index (κ2) is 6.13. The van der Waals surface area contributed by atoms with Gasteiger partial charge in [0.2, 0.25) is 0 Å². The van der Waals surface area contributed by atoms with Gasteiger partial charge in [-0.2, -0.15) is 0 Å². The third-order valence-corrected chi connectivity index (χ3v) is 4.92. The van der Waals surface area contributed by atoms with Gasteiger partial charge in [-0.3, -0.25) is 4.90 Å². The molecule has 0 aromatic heterocycles. The highest BCUT2D eigenvalue weighted by Crippen LogP contribution is 2.46. The minimum absolute atomic E-state index is 0.639. The van der Waals surface area contributed by atoms with Crippen LogP contribution in [0.2, 0.25) is 0 Å². The summed E-state index contributed by atoms with van der Waals surface area (Å²) in [6.45, 7) is 3.25. The van der Waals surface area contributed by atoms with Crippen LogP contribution in [-0.4, -0.2) is 24.0 Å². The van der Waals surface area contributed by atoms with E-state index in [0.29, 0.717) is 6.61 Å². The van der Waals surface area contributed by atoms with Crippen LogP contribution in [0.3, 0.4) is 0 Å². The van der Waals surface area contributed by atoms with E-state index in [1.807, 2.05) is 18.2 Å². The van der Waals surface area contributed by atoms with Crippen molar-refractivity contribution in [2.75, 3.05) is 13.1 Å². The second-order valence-electron chi connectivity index (χ2n) is 6.50. The van der Waals surface area contributed by atoms with Crippen LogP contribution < -0.4 is 4.74 Å². The Balaban J connectivity index is 1.33. The first-order valence-corrected chi connectivity index (χ1v) is 8.41. The van der Waals surface area contributed by atoms with Gasteiger partial charge in [-0.1, -0.05) is 42.5 Å². The van der Waals surface area contributed by atoms with Crippen LogP contribution in [0.25, 0.3) is 0 Å². The lowest BCUT2D eigenvalue weighted by Gasteiger charge is -2.14. The van der Waals surface area contributed by atoms with E-state index in [1.165, 1.54) is 43.5 Å². The van der Waals surface area contributed by atoms with Crippen molar-refractivity contribution in [3.63, 3.8) is 0 Å². The molecule has 2 aliphatic rings. The third kappa shape index (κ3) is 3.02. The van der Waals surface area contributed by atoms with Crippen molar-refractivity contribution in [1.29, 1.82) is 0 Å². The highest BCUT2D eigenvalue weighted by atomic mass is 16.5. The fraction of sp³-hybridized carbons (Fsp3) is 0.400. The molecule has 2 atom stereocenters. The zero-order valence-corrected chi connectivity index (χ0v) is 12.9. The Kier molecular flexibility index (Phi) is 3.86. The Morgan fingerprint density at radius 3 is 2.36 bits per heavy atom. The number of benzene rings is 2. The van der Waals surface area contributed by atoms with Gasteiger partial charge in [0.15, 0.2) is 0 Å². The average Bonchev–Trinajstić information content (AvgIpc) is 3.19. The summed E-state index contributed by atoms with van der Waals surface area (Å²) in [6, 6.07) is 19.9. The van der Waals surface area contributed by atoms with Gasteiger partial charge in [0.25, 0.3) is 0 Å². The molecule has 4 rings (SSSR count). The molecule has 1 aliphatic heterocycles. The van der Waals surface area contributed by atoms with Gasteiger partial charge in [-0.15, -0.1) is 0 Å². The quantitative estimate of drug-likeness (QED) is 0.818. The van der Waals surface area contributed by atoms with E-state index >= 15 is 0 Å². The van der Waals surface area contributed by atoms with E-state index < -0.39 is 0 Å². The Morgan fingerprint density at radius 1 is 0.909 bits per heavy atom. The lowest BCUT2D eigenvalue weighted by atomic mass is 10.1. The highest BCUT2D eigenvalue weighted by molar-refractivity contribution is 5.34. The molecule has 2 aromatic carbocycles. The topological polar surface area (TPSA) is 12.5 Å². The molecule has 2 fully saturated rings. The number of nitrogens with zero attached hydrogens (tertiary/aromatic N) is 1. The summed E-state index contributed by atoms with van der Waals surface area (Å²) < 4.78 is 5.86. The SMILES string of the molecule is c1ccc(COc2ccc(C3CC3N3CCCC3)cc2)cc1. The van der Waals surface area contributed by atoms with Crippen LogP contribution in [0.1, 0.15) is 36.3 Å². The van der Waals surface area contributed by atoms with E-state index in [1.54, 1.807) is 0 Å². The maximum atomic E-state index is 5.86. The monoisotopic (exact) mass is 293 g/mol. The molecule has 22 heavy (non-hydrogen) atoms. The fourth-order valence-corrected chi connectivity index (χ4v) is 3.57. The van der Waals surface area contributed by atoms with Gasteiger partial charge in [0.1, 0.15) is 12.4 Å². The van der Waals surface area contributed by atoms with Gasteiger partial charge >= 0.3 is 0 Å². The summed E-state index contributed by atoms with van der Waals surface area (Å²) in [5, 5.41) is 0. The van der Waals surface area contributed by atoms with Crippen molar-refractivity contribution in [2.45, 2.75) is 37.8 Å². The summed E-state index contributed by atoms with van der Waals surface area (Å²) >= 11 is 0. The molecule has 2 aromatic rings. The van der Waals surface area contributed by atoms with Gasteiger partial charge in [-0.05, 0) is 55.6 Å². The minimum atomic E-state index is 0.639. The van der Waals surface area contributed by atoms with E-state index in [0.717, 1.165) is 17.7 Å². The number of likely N-dealkylation sites (tertiary alicyclic amines) is 1. The summed E-state index contributed by atoms with van der Waals surface area (Å²) in [4.78, 5) is 2.67. The third-order valence-electron chi connectivity index (χ3n) is 4.92.